The van der Waals surface area contributed by atoms with Crippen LogP contribution in [0.3, 0.4) is 0 Å². The topological polar surface area (TPSA) is 26.3 Å². The molecule has 0 fully saturated rings. The molecule has 0 atom stereocenters. The van der Waals surface area contributed by atoms with Crippen LogP contribution in [0.15, 0.2) is 36.4 Å². The van der Waals surface area contributed by atoms with Crippen LogP contribution in [0.2, 0.25) is 0 Å². The molecule has 18 heavy (non-hydrogen) atoms. The van der Waals surface area contributed by atoms with E-state index in [0.29, 0.717) is 16.3 Å². The Morgan fingerprint density at radius 2 is 1.67 bits per heavy atom. The number of ether oxygens (including phenoxy) is 1. The minimum Gasteiger partial charge on any atom is -0.465 e. The number of fused-ring (bicyclic) bond motifs is 1. The predicted molar refractivity (Wildman–Crippen MR) is 60.3 cm³/mol. The maximum absolute atomic E-state index is 12.5. The molecule has 2 aromatic rings. The molecule has 0 aliphatic heterocycles. The lowest BCUT2D eigenvalue weighted by atomic mass is 10.0. The van der Waals surface area contributed by atoms with Crippen LogP contribution in [0.1, 0.15) is 15.9 Å². The molecule has 0 unspecified atom stereocenters. The number of rotatable bonds is 1. The maximum Gasteiger partial charge on any atom is 0.416 e. The van der Waals surface area contributed by atoms with Crippen molar-refractivity contribution in [3.8, 4) is 0 Å². The second kappa shape index (κ2) is 4.33. The Bertz CT molecular complexity index is 603. The van der Waals surface area contributed by atoms with Crippen molar-refractivity contribution in [3.63, 3.8) is 0 Å². The number of carbonyl (C=O) groups excluding carboxylic acids is 1. The van der Waals surface area contributed by atoms with E-state index < -0.39 is 17.7 Å². The van der Waals surface area contributed by atoms with Gasteiger partial charge in [-0.05, 0) is 35.0 Å². The van der Waals surface area contributed by atoms with Crippen LogP contribution in [-0.2, 0) is 10.9 Å². The van der Waals surface area contributed by atoms with Crippen molar-refractivity contribution < 1.29 is 22.7 Å². The first-order chi connectivity index (χ1) is 8.41. The zero-order valence-corrected chi connectivity index (χ0v) is 9.41. The summed E-state index contributed by atoms with van der Waals surface area (Å²) in [5.41, 5.74) is -0.398. The Balaban J connectivity index is 2.52. The number of halogens is 3. The largest absolute Gasteiger partial charge is 0.465 e. The van der Waals surface area contributed by atoms with Gasteiger partial charge in [-0.25, -0.2) is 4.79 Å². The molecular formula is C13H9F3O2. The average molecular weight is 254 g/mol. The molecule has 0 aliphatic rings. The number of hydrogen-bond acceptors (Lipinski definition) is 2. The second-order valence-electron chi connectivity index (χ2n) is 3.77. The maximum atomic E-state index is 12.5. The summed E-state index contributed by atoms with van der Waals surface area (Å²) in [4.78, 5) is 11.3. The molecule has 0 amide bonds. The highest BCUT2D eigenvalue weighted by Gasteiger charge is 2.30. The zero-order valence-electron chi connectivity index (χ0n) is 9.41. The molecule has 0 heterocycles. The normalized spacial score (nSPS) is 11.6. The summed E-state index contributed by atoms with van der Waals surface area (Å²) in [6.45, 7) is 0. The summed E-state index contributed by atoms with van der Waals surface area (Å²) in [5, 5.41) is 0.989. The summed E-state index contributed by atoms with van der Waals surface area (Å²) in [6, 6.07) is 7.79. The Kier molecular flexibility index (Phi) is 2.98. The molecule has 2 rings (SSSR count). The van der Waals surface area contributed by atoms with E-state index in [-0.39, 0.29) is 0 Å². The molecule has 2 aromatic carbocycles. The second-order valence-corrected chi connectivity index (χ2v) is 3.77. The number of benzene rings is 2. The summed E-state index contributed by atoms with van der Waals surface area (Å²) in [6.07, 6.45) is -4.37. The average Bonchev–Trinajstić information content (AvgIpc) is 2.35. The van der Waals surface area contributed by atoms with Crippen molar-refractivity contribution in [1.82, 2.24) is 0 Å². The Morgan fingerprint density at radius 3 is 2.28 bits per heavy atom. The van der Waals surface area contributed by atoms with E-state index in [4.69, 9.17) is 0 Å². The lowest BCUT2D eigenvalue weighted by Crippen LogP contribution is -2.04. The van der Waals surface area contributed by atoms with E-state index in [9.17, 15) is 18.0 Å². The van der Waals surface area contributed by atoms with Gasteiger partial charge in [0.25, 0.3) is 0 Å². The molecule has 0 saturated carbocycles. The molecule has 0 saturated heterocycles. The molecule has 0 spiro atoms. The van der Waals surface area contributed by atoms with Crippen molar-refractivity contribution in [2.24, 2.45) is 0 Å². The van der Waals surface area contributed by atoms with Gasteiger partial charge in [0.1, 0.15) is 0 Å². The minimum absolute atomic E-state index is 0.310. The lowest BCUT2D eigenvalue weighted by Gasteiger charge is -2.08. The Labute approximate surface area is 101 Å². The van der Waals surface area contributed by atoms with Gasteiger partial charge in [0.05, 0.1) is 18.2 Å². The van der Waals surface area contributed by atoms with Crippen LogP contribution >= 0.6 is 0 Å². The first kappa shape index (κ1) is 12.4. The molecule has 94 valence electrons. The number of esters is 1. The van der Waals surface area contributed by atoms with Gasteiger partial charge in [-0.2, -0.15) is 13.2 Å². The molecule has 0 aromatic heterocycles. The van der Waals surface area contributed by atoms with Gasteiger partial charge < -0.3 is 4.74 Å². The smallest absolute Gasteiger partial charge is 0.416 e. The highest BCUT2D eigenvalue weighted by atomic mass is 19.4. The van der Waals surface area contributed by atoms with Crippen LogP contribution in [0.4, 0.5) is 13.2 Å². The number of methoxy groups -OCH3 is 1. The summed E-state index contributed by atoms with van der Waals surface area (Å²) in [7, 11) is 1.25. The number of carbonyl (C=O) groups is 1. The van der Waals surface area contributed by atoms with Gasteiger partial charge in [0.2, 0.25) is 0 Å². The molecule has 5 heteroatoms. The summed E-state index contributed by atoms with van der Waals surface area (Å²) in [5.74, 6) is -0.517. The van der Waals surface area contributed by atoms with Crippen molar-refractivity contribution in [2.75, 3.05) is 7.11 Å². The number of alkyl halides is 3. The SMILES string of the molecule is COC(=O)c1ccc2cc(C(F)(F)F)ccc2c1. The van der Waals surface area contributed by atoms with Gasteiger partial charge in [0.15, 0.2) is 0 Å². The van der Waals surface area contributed by atoms with Gasteiger partial charge in [-0.15, -0.1) is 0 Å². The predicted octanol–water partition coefficient (Wildman–Crippen LogP) is 3.65. The highest BCUT2D eigenvalue weighted by molar-refractivity contribution is 5.95. The first-order valence-corrected chi connectivity index (χ1v) is 5.11. The van der Waals surface area contributed by atoms with E-state index in [2.05, 4.69) is 4.74 Å². The molecule has 0 aliphatic carbocycles. The molecule has 0 radical (unpaired) electrons. The minimum atomic E-state index is -4.37. The van der Waals surface area contributed by atoms with Crippen molar-refractivity contribution in [2.45, 2.75) is 6.18 Å². The van der Waals surface area contributed by atoms with Crippen LogP contribution in [-0.4, -0.2) is 13.1 Å². The fourth-order valence-electron chi connectivity index (χ4n) is 1.67. The van der Waals surface area contributed by atoms with E-state index in [1.165, 1.54) is 31.4 Å². The first-order valence-electron chi connectivity index (χ1n) is 5.11. The molecule has 0 N–H and O–H groups in total. The highest BCUT2D eigenvalue weighted by Crippen LogP contribution is 2.31. The van der Waals surface area contributed by atoms with E-state index in [1.807, 2.05) is 0 Å². The summed E-state index contributed by atoms with van der Waals surface area (Å²) >= 11 is 0. The third kappa shape index (κ3) is 2.30. The fourth-order valence-corrected chi connectivity index (χ4v) is 1.67. The monoisotopic (exact) mass is 254 g/mol. The van der Waals surface area contributed by atoms with Crippen LogP contribution < -0.4 is 0 Å². The fraction of sp³-hybridized carbons (Fsp3) is 0.154. The van der Waals surface area contributed by atoms with Crippen molar-refractivity contribution in [1.29, 1.82) is 0 Å². The lowest BCUT2D eigenvalue weighted by molar-refractivity contribution is -0.137. The van der Waals surface area contributed by atoms with Crippen LogP contribution in [0.5, 0.6) is 0 Å². The summed E-state index contributed by atoms with van der Waals surface area (Å²) < 4.78 is 42.1. The quantitative estimate of drug-likeness (QED) is 0.726. The van der Waals surface area contributed by atoms with E-state index in [1.54, 1.807) is 0 Å². The Hall–Kier alpha value is -2.04. The van der Waals surface area contributed by atoms with Crippen LogP contribution in [0, 0.1) is 0 Å². The molecule has 2 nitrogen and oxygen atoms in total. The van der Waals surface area contributed by atoms with Crippen molar-refractivity contribution in [3.05, 3.63) is 47.5 Å². The van der Waals surface area contributed by atoms with Crippen molar-refractivity contribution >= 4 is 16.7 Å². The van der Waals surface area contributed by atoms with Gasteiger partial charge in [-0.1, -0.05) is 12.1 Å². The van der Waals surface area contributed by atoms with Gasteiger partial charge >= 0.3 is 12.1 Å². The molecule has 0 bridgehead atoms. The van der Waals surface area contributed by atoms with Crippen LogP contribution in [0.25, 0.3) is 10.8 Å². The third-order valence-electron chi connectivity index (χ3n) is 2.59. The van der Waals surface area contributed by atoms with E-state index in [0.717, 1.165) is 12.1 Å². The standard InChI is InChI=1S/C13H9F3O2/c1-18-12(17)10-3-2-9-7-11(13(14,15)16)5-4-8(9)6-10/h2-7H,1H3. The van der Waals surface area contributed by atoms with Gasteiger partial charge in [0, 0.05) is 0 Å². The Morgan fingerprint density at radius 1 is 1.06 bits per heavy atom. The number of hydrogen-bond donors (Lipinski definition) is 0. The van der Waals surface area contributed by atoms with E-state index >= 15 is 0 Å². The zero-order chi connectivity index (χ0) is 13.3. The third-order valence-corrected chi connectivity index (χ3v) is 2.59. The van der Waals surface area contributed by atoms with Gasteiger partial charge in [-0.3, -0.25) is 0 Å². The molecular weight excluding hydrogens is 245 g/mol.